The van der Waals surface area contributed by atoms with Crippen molar-refractivity contribution >= 4 is 8.25 Å². The summed E-state index contributed by atoms with van der Waals surface area (Å²) in [5, 5.41) is 0. The Labute approximate surface area is 99.0 Å². The molecule has 0 aromatic heterocycles. The molecule has 0 aromatic carbocycles. The van der Waals surface area contributed by atoms with Gasteiger partial charge < -0.3 is 9.05 Å². The van der Waals surface area contributed by atoms with Gasteiger partial charge >= 0.3 is 20.6 Å². The summed E-state index contributed by atoms with van der Waals surface area (Å²) >= 11 is 0. The van der Waals surface area contributed by atoms with E-state index in [1.165, 1.54) is 0 Å². The Morgan fingerprint density at radius 3 is 1.44 bits per heavy atom. The van der Waals surface area contributed by atoms with E-state index >= 15 is 0 Å². The van der Waals surface area contributed by atoms with E-state index in [9.17, 15) is 30.9 Å². The van der Waals surface area contributed by atoms with Gasteiger partial charge in [-0.25, -0.2) is 4.57 Å². The molecule has 0 aliphatic rings. The predicted octanol–water partition coefficient (Wildman–Crippen LogP) is 4.34. The molecule has 10 heteroatoms. The molecule has 0 amide bonds. The molecule has 0 rings (SSSR count). The van der Waals surface area contributed by atoms with Crippen molar-refractivity contribution in [2.75, 3.05) is 0 Å². The molecule has 0 aliphatic carbocycles. The number of alkyl halides is 6. The Balaban J connectivity index is 3.79. The smallest absolute Gasteiger partial charge is 0.417 e. The van der Waals surface area contributed by atoms with Crippen LogP contribution in [-0.2, 0) is 13.6 Å². The van der Waals surface area contributed by atoms with Crippen molar-refractivity contribution in [2.45, 2.75) is 25.2 Å². The fraction of sp³-hybridized carbons (Fsp3) is 0.500. The molecular formula is C8H9F6O3P. The van der Waals surface area contributed by atoms with Crippen LogP contribution in [0.5, 0.6) is 0 Å². The highest BCUT2D eigenvalue weighted by Gasteiger charge is 2.25. The third kappa shape index (κ3) is 13.0. The van der Waals surface area contributed by atoms with Crippen LogP contribution in [0.1, 0.15) is 12.8 Å². The summed E-state index contributed by atoms with van der Waals surface area (Å²) in [7, 11) is -3.18. The van der Waals surface area contributed by atoms with E-state index in [1.807, 2.05) is 0 Å². The number of rotatable bonds is 6. The maximum Gasteiger partial charge on any atom is 0.417 e. The van der Waals surface area contributed by atoms with Crippen LogP contribution in [-0.4, -0.2) is 12.4 Å². The first-order valence-electron chi connectivity index (χ1n) is 4.41. The largest absolute Gasteiger partial charge is 0.426 e. The summed E-state index contributed by atoms with van der Waals surface area (Å²) in [6.07, 6.45) is -9.21. The standard InChI is InChI=1S/C8H9F6O3P/c9-7(10,11)3-1-5-16-18(15)17-6-2-4-8(12,13)14/h1-2,5-6,18H,3-4H2. The highest BCUT2D eigenvalue weighted by molar-refractivity contribution is 7.33. The molecule has 106 valence electrons. The summed E-state index contributed by atoms with van der Waals surface area (Å²) in [5.74, 6) is 0. The topological polar surface area (TPSA) is 35.5 Å². The monoisotopic (exact) mass is 298 g/mol. The molecule has 0 aliphatic heterocycles. The van der Waals surface area contributed by atoms with Crippen LogP contribution >= 0.6 is 8.25 Å². The Morgan fingerprint density at radius 1 is 0.833 bits per heavy atom. The molecule has 0 unspecified atom stereocenters. The van der Waals surface area contributed by atoms with E-state index in [0.29, 0.717) is 24.7 Å². The molecule has 18 heavy (non-hydrogen) atoms. The zero-order valence-electron chi connectivity index (χ0n) is 8.72. The first-order valence-corrected chi connectivity index (χ1v) is 5.63. The van der Waals surface area contributed by atoms with Gasteiger partial charge in [0, 0.05) is 0 Å². The van der Waals surface area contributed by atoms with Crippen LogP contribution in [0.3, 0.4) is 0 Å². The van der Waals surface area contributed by atoms with Gasteiger partial charge in [0.2, 0.25) is 0 Å². The molecule has 0 heterocycles. The van der Waals surface area contributed by atoms with Gasteiger partial charge in [0.1, 0.15) is 0 Å². The predicted molar refractivity (Wildman–Crippen MR) is 50.8 cm³/mol. The second-order valence-electron chi connectivity index (χ2n) is 2.87. The Hall–Kier alpha value is -1.11. The number of allylic oxidation sites excluding steroid dienone is 2. The zero-order valence-corrected chi connectivity index (χ0v) is 9.72. The summed E-state index contributed by atoms with van der Waals surface area (Å²) in [6.45, 7) is 0. The van der Waals surface area contributed by atoms with E-state index in [1.54, 1.807) is 0 Å². The van der Waals surface area contributed by atoms with Crippen LogP contribution in [0.25, 0.3) is 0 Å². The van der Waals surface area contributed by atoms with Gasteiger partial charge in [0.25, 0.3) is 0 Å². The lowest BCUT2D eigenvalue weighted by atomic mass is 10.4. The second kappa shape index (κ2) is 7.35. The van der Waals surface area contributed by atoms with E-state index in [-0.39, 0.29) is 0 Å². The molecule has 0 fully saturated rings. The fourth-order valence-electron chi connectivity index (χ4n) is 0.599. The van der Waals surface area contributed by atoms with Crippen LogP contribution in [0, 0.1) is 0 Å². The Morgan fingerprint density at radius 2 is 1.17 bits per heavy atom. The van der Waals surface area contributed by atoms with E-state index in [4.69, 9.17) is 0 Å². The highest BCUT2D eigenvalue weighted by atomic mass is 31.1. The zero-order chi connectivity index (χ0) is 14.2. The van der Waals surface area contributed by atoms with Crippen molar-refractivity contribution in [3.05, 3.63) is 24.7 Å². The van der Waals surface area contributed by atoms with Crippen molar-refractivity contribution < 1.29 is 40.0 Å². The van der Waals surface area contributed by atoms with Gasteiger partial charge in [-0.2, -0.15) is 26.3 Å². The Kier molecular flexibility index (Phi) is 6.90. The van der Waals surface area contributed by atoms with Crippen molar-refractivity contribution in [1.29, 1.82) is 0 Å². The first kappa shape index (κ1) is 16.9. The molecule has 0 aromatic rings. The summed E-state index contributed by atoms with van der Waals surface area (Å²) in [4.78, 5) is 0. The molecule has 0 spiro atoms. The SMILES string of the molecule is O=[PH](OC=CCC(F)(F)F)OC=CCC(F)(F)F. The van der Waals surface area contributed by atoms with Crippen molar-refractivity contribution in [3.63, 3.8) is 0 Å². The molecule has 0 saturated carbocycles. The average molecular weight is 298 g/mol. The number of hydrogen-bond acceptors (Lipinski definition) is 3. The second-order valence-corrected chi connectivity index (χ2v) is 3.84. The molecule has 3 nitrogen and oxygen atoms in total. The van der Waals surface area contributed by atoms with E-state index in [2.05, 4.69) is 9.05 Å². The van der Waals surface area contributed by atoms with Gasteiger partial charge in [-0.3, -0.25) is 0 Å². The quantitative estimate of drug-likeness (QED) is 0.415. The molecular weight excluding hydrogens is 289 g/mol. The third-order valence-electron chi connectivity index (χ3n) is 1.22. The normalized spacial score (nSPS) is 15.2. The molecule has 0 bridgehead atoms. The van der Waals surface area contributed by atoms with Crippen molar-refractivity contribution in [3.8, 4) is 0 Å². The van der Waals surface area contributed by atoms with Gasteiger partial charge in [-0.15, -0.1) is 0 Å². The van der Waals surface area contributed by atoms with Crippen molar-refractivity contribution in [2.24, 2.45) is 0 Å². The number of halogens is 6. The molecule has 0 N–H and O–H groups in total. The number of hydrogen-bond donors (Lipinski definition) is 0. The molecule has 0 saturated heterocycles. The van der Waals surface area contributed by atoms with E-state index < -0.39 is 33.4 Å². The lowest BCUT2D eigenvalue weighted by molar-refractivity contribution is -0.126. The Bertz CT molecular complexity index is 290. The van der Waals surface area contributed by atoms with E-state index in [0.717, 1.165) is 0 Å². The van der Waals surface area contributed by atoms with Gasteiger partial charge in [-0.1, -0.05) is 0 Å². The minimum Gasteiger partial charge on any atom is -0.426 e. The van der Waals surface area contributed by atoms with Crippen molar-refractivity contribution in [1.82, 2.24) is 0 Å². The van der Waals surface area contributed by atoms with Gasteiger partial charge in [0.15, 0.2) is 0 Å². The maximum atomic E-state index is 11.6. The first-order chi connectivity index (χ1) is 8.10. The van der Waals surface area contributed by atoms with Crippen LogP contribution in [0.4, 0.5) is 26.3 Å². The van der Waals surface area contributed by atoms with Gasteiger partial charge in [-0.05, 0) is 12.2 Å². The van der Waals surface area contributed by atoms with Crippen LogP contribution in [0.2, 0.25) is 0 Å². The molecule has 0 atom stereocenters. The van der Waals surface area contributed by atoms with Crippen LogP contribution in [0.15, 0.2) is 24.7 Å². The lowest BCUT2D eigenvalue weighted by Crippen LogP contribution is -2.04. The summed E-state index contributed by atoms with van der Waals surface area (Å²) < 4.78 is 88.8. The summed E-state index contributed by atoms with van der Waals surface area (Å²) in [6, 6.07) is 0. The average Bonchev–Trinajstić information content (AvgIpc) is 2.17. The molecule has 0 radical (unpaired) electrons. The highest BCUT2D eigenvalue weighted by Crippen LogP contribution is 2.26. The van der Waals surface area contributed by atoms with Crippen LogP contribution < -0.4 is 0 Å². The lowest BCUT2D eigenvalue weighted by Gasteiger charge is -2.02. The maximum absolute atomic E-state index is 11.6. The minimum atomic E-state index is -4.41. The minimum absolute atomic E-state index is 0.520. The van der Waals surface area contributed by atoms with Gasteiger partial charge in [0.05, 0.1) is 25.4 Å². The third-order valence-corrected chi connectivity index (χ3v) is 1.88. The summed E-state index contributed by atoms with van der Waals surface area (Å²) in [5.41, 5.74) is 0. The fourth-order valence-corrected chi connectivity index (χ4v) is 1.07.